The van der Waals surface area contributed by atoms with Gasteiger partial charge in [-0.1, -0.05) is 18.6 Å². The molecule has 0 radical (unpaired) electrons. The Bertz CT molecular complexity index is 771. The Hall–Kier alpha value is -1.46. The summed E-state index contributed by atoms with van der Waals surface area (Å²) in [5.74, 6) is 0. The summed E-state index contributed by atoms with van der Waals surface area (Å²) in [6, 6.07) is 7.41. The molecule has 1 aromatic carbocycles. The van der Waals surface area contributed by atoms with Gasteiger partial charge in [-0.2, -0.15) is 4.31 Å². The molecule has 21 heavy (non-hydrogen) atoms. The van der Waals surface area contributed by atoms with Crippen molar-refractivity contribution in [1.29, 1.82) is 0 Å². The number of hydrogen-bond donors (Lipinski definition) is 0. The molecule has 0 N–H and O–H groups in total. The number of sulfonamides is 1. The van der Waals surface area contributed by atoms with E-state index in [-0.39, 0.29) is 6.04 Å². The van der Waals surface area contributed by atoms with E-state index in [4.69, 9.17) is 0 Å². The highest BCUT2D eigenvalue weighted by molar-refractivity contribution is 7.89. The number of fused-ring (bicyclic) bond motifs is 1. The summed E-state index contributed by atoms with van der Waals surface area (Å²) in [5.41, 5.74) is 1.60. The molecule has 1 aliphatic rings. The largest absolute Gasteiger partial charge is 0.255 e. The van der Waals surface area contributed by atoms with Crippen LogP contribution in [0.4, 0.5) is 0 Å². The Balaban J connectivity index is 2.15. The summed E-state index contributed by atoms with van der Waals surface area (Å²) in [5, 5.41) is 0.876. The molecule has 0 unspecified atom stereocenters. The minimum absolute atomic E-state index is 0.0597. The molecule has 0 aliphatic carbocycles. The van der Waals surface area contributed by atoms with Crippen LogP contribution in [0.25, 0.3) is 10.9 Å². The molecule has 112 valence electrons. The van der Waals surface area contributed by atoms with Crippen molar-refractivity contribution < 1.29 is 8.42 Å². The van der Waals surface area contributed by atoms with Crippen LogP contribution in [0.1, 0.15) is 31.7 Å². The molecule has 1 saturated heterocycles. The Morgan fingerprint density at radius 3 is 2.86 bits per heavy atom. The molecule has 1 aromatic heterocycles. The molecular formula is C16H20N2O2S. The second kappa shape index (κ2) is 5.39. The third kappa shape index (κ3) is 2.56. The van der Waals surface area contributed by atoms with Crippen LogP contribution in [0.3, 0.4) is 0 Å². The van der Waals surface area contributed by atoms with Gasteiger partial charge in [0.05, 0.1) is 5.52 Å². The smallest absolute Gasteiger partial charge is 0.245 e. The zero-order valence-electron chi connectivity index (χ0n) is 12.4. The standard InChI is InChI=1S/C16H20N2O2S/c1-12-10-14-7-5-8-15(16(14)17-11-12)21(19,20)18-9-4-3-6-13(18)2/h5,7-8,10-11,13H,3-4,6,9H2,1-2H3/t13-/m1/s1. The highest BCUT2D eigenvalue weighted by atomic mass is 32.2. The van der Waals surface area contributed by atoms with Gasteiger partial charge >= 0.3 is 0 Å². The molecule has 0 bridgehead atoms. The average Bonchev–Trinajstić information content (AvgIpc) is 2.46. The van der Waals surface area contributed by atoms with E-state index < -0.39 is 10.0 Å². The van der Waals surface area contributed by atoms with Gasteiger partial charge in [-0.3, -0.25) is 4.98 Å². The highest BCUT2D eigenvalue weighted by Gasteiger charge is 2.32. The van der Waals surface area contributed by atoms with Crippen LogP contribution in [0, 0.1) is 6.92 Å². The summed E-state index contributed by atoms with van der Waals surface area (Å²) < 4.78 is 27.6. The first-order valence-electron chi connectivity index (χ1n) is 7.37. The van der Waals surface area contributed by atoms with E-state index in [0.717, 1.165) is 30.2 Å². The Kier molecular flexibility index (Phi) is 3.71. The molecule has 0 amide bonds. The first-order chi connectivity index (χ1) is 10.00. The van der Waals surface area contributed by atoms with Gasteiger partial charge in [0.1, 0.15) is 4.90 Å². The minimum atomic E-state index is -3.48. The quantitative estimate of drug-likeness (QED) is 0.856. The first kappa shape index (κ1) is 14.5. The number of aromatic nitrogens is 1. The third-order valence-corrected chi connectivity index (χ3v) is 6.18. The lowest BCUT2D eigenvalue weighted by Crippen LogP contribution is -2.42. The molecular weight excluding hydrogens is 284 g/mol. The van der Waals surface area contributed by atoms with E-state index in [9.17, 15) is 8.42 Å². The SMILES string of the molecule is Cc1cnc2c(S(=O)(=O)N3CCCC[C@H]3C)cccc2c1. The van der Waals surface area contributed by atoms with Crippen LogP contribution in [0.15, 0.2) is 35.4 Å². The van der Waals surface area contributed by atoms with Crippen molar-refractivity contribution in [2.75, 3.05) is 6.54 Å². The zero-order valence-corrected chi connectivity index (χ0v) is 13.2. The maximum absolute atomic E-state index is 13.0. The van der Waals surface area contributed by atoms with Gasteiger partial charge in [0.25, 0.3) is 0 Å². The van der Waals surface area contributed by atoms with Crippen LogP contribution in [-0.2, 0) is 10.0 Å². The second-order valence-electron chi connectivity index (χ2n) is 5.80. The van der Waals surface area contributed by atoms with Crippen molar-refractivity contribution in [2.24, 2.45) is 0 Å². The number of nitrogens with zero attached hydrogens (tertiary/aromatic N) is 2. The van der Waals surface area contributed by atoms with Crippen LogP contribution in [0.5, 0.6) is 0 Å². The lowest BCUT2D eigenvalue weighted by molar-refractivity contribution is 0.269. The van der Waals surface area contributed by atoms with Gasteiger partial charge in [0.15, 0.2) is 0 Å². The fraction of sp³-hybridized carbons (Fsp3) is 0.438. The fourth-order valence-electron chi connectivity index (χ4n) is 3.01. The molecule has 4 nitrogen and oxygen atoms in total. The van der Waals surface area contributed by atoms with Crippen molar-refractivity contribution in [1.82, 2.24) is 9.29 Å². The molecule has 5 heteroatoms. The number of pyridine rings is 1. The lowest BCUT2D eigenvalue weighted by Gasteiger charge is -2.32. The van der Waals surface area contributed by atoms with Crippen LogP contribution in [-0.4, -0.2) is 30.3 Å². The number of piperidine rings is 1. The van der Waals surface area contributed by atoms with Gasteiger partial charge in [-0.05, 0) is 44.4 Å². The van der Waals surface area contributed by atoms with E-state index in [2.05, 4.69) is 4.98 Å². The van der Waals surface area contributed by atoms with Crippen molar-refractivity contribution in [3.8, 4) is 0 Å². The fourth-order valence-corrected chi connectivity index (χ4v) is 4.87. The van der Waals surface area contributed by atoms with Crippen molar-refractivity contribution in [3.63, 3.8) is 0 Å². The molecule has 3 rings (SSSR count). The van der Waals surface area contributed by atoms with Crippen LogP contribution in [0.2, 0.25) is 0 Å². The maximum atomic E-state index is 13.0. The van der Waals surface area contributed by atoms with E-state index in [1.807, 2.05) is 26.0 Å². The highest BCUT2D eigenvalue weighted by Crippen LogP contribution is 2.29. The van der Waals surface area contributed by atoms with E-state index in [1.54, 1.807) is 22.6 Å². The number of hydrogen-bond acceptors (Lipinski definition) is 3. The summed E-state index contributed by atoms with van der Waals surface area (Å²) in [6.45, 7) is 4.55. The lowest BCUT2D eigenvalue weighted by atomic mass is 10.1. The van der Waals surface area contributed by atoms with E-state index in [1.165, 1.54) is 0 Å². The summed E-state index contributed by atoms with van der Waals surface area (Å²) >= 11 is 0. The summed E-state index contributed by atoms with van der Waals surface area (Å²) in [6.07, 6.45) is 4.68. The molecule has 1 aliphatic heterocycles. The van der Waals surface area contributed by atoms with Gasteiger partial charge in [0.2, 0.25) is 10.0 Å². The van der Waals surface area contributed by atoms with Crippen molar-refractivity contribution in [2.45, 2.75) is 44.0 Å². The maximum Gasteiger partial charge on any atom is 0.245 e. The molecule has 1 atom stereocenters. The zero-order chi connectivity index (χ0) is 15.0. The van der Waals surface area contributed by atoms with Crippen LogP contribution < -0.4 is 0 Å². The van der Waals surface area contributed by atoms with E-state index in [0.29, 0.717) is 17.0 Å². The number of benzene rings is 1. The number of aryl methyl sites for hydroxylation is 1. The number of rotatable bonds is 2. The Labute approximate surface area is 125 Å². The van der Waals surface area contributed by atoms with E-state index >= 15 is 0 Å². The van der Waals surface area contributed by atoms with Crippen molar-refractivity contribution >= 4 is 20.9 Å². The van der Waals surface area contributed by atoms with Gasteiger partial charge in [0, 0.05) is 24.2 Å². The molecule has 2 aromatic rings. The summed E-state index contributed by atoms with van der Waals surface area (Å²) in [7, 11) is -3.48. The predicted octanol–water partition coefficient (Wildman–Crippen LogP) is 3.11. The molecule has 0 saturated carbocycles. The number of para-hydroxylation sites is 1. The minimum Gasteiger partial charge on any atom is -0.255 e. The topological polar surface area (TPSA) is 50.3 Å². The van der Waals surface area contributed by atoms with Gasteiger partial charge < -0.3 is 0 Å². The Morgan fingerprint density at radius 1 is 1.29 bits per heavy atom. The molecule has 1 fully saturated rings. The first-order valence-corrected chi connectivity index (χ1v) is 8.81. The van der Waals surface area contributed by atoms with Gasteiger partial charge in [-0.25, -0.2) is 8.42 Å². The average molecular weight is 304 g/mol. The monoisotopic (exact) mass is 304 g/mol. The Morgan fingerprint density at radius 2 is 2.10 bits per heavy atom. The second-order valence-corrected chi connectivity index (χ2v) is 7.66. The third-order valence-electron chi connectivity index (χ3n) is 4.14. The molecule has 2 heterocycles. The van der Waals surface area contributed by atoms with Crippen molar-refractivity contribution in [3.05, 3.63) is 36.0 Å². The normalized spacial score (nSPS) is 20.8. The summed E-state index contributed by atoms with van der Waals surface area (Å²) in [4.78, 5) is 4.69. The van der Waals surface area contributed by atoms with Crippen LogP contribution >= 0.6 is 0 Å². The molecule has 0 spiro atoms. The van der Waals surface area contributed by atoms with Gasteiger partial charge in [-0.15, -0.1) is 0 Å². The predicted molar refractivity (Wildman–Crippen MR) is 83.7 cm³/mol.